The van der Waals surface area contributed by atoms with Crippen molar-refractivity contribution in [3.8, 4) is 33.8 Å². The Hall–Kier alpha value is -6.06. The summed E-state index contributed by atoms with van der Waals surface area (Å²) < 4.78 is 6.65. The van der Waals surface area contributed by atoms with Gasteiger partial charge in [-0.15, -0.1) is 0 Å². The van der Waals surface area contributed by atoms with Crippen LogP contribution in [0.4, 0.5) is 34.1 Å². The Bertz CT molecular complexity index is 2250. The van der Waals surface area contributed by atoms with Gasteiger partial charge >= 0.3 is 0 Å². The Balaban J connectivity index is 1.11. The highest BCUT2D eigenvalue weighted by atomic mass is 16.5. The zero-order chi connectivity index (χ0) is 32.2. The molecule has 0 radical (unpaired) electrons. The monoisotopic (exact) mass is 618 g/mol. The first-order chi connectivity index (χ1) is 23.6. The summed E-state index contributed by atoms with van der Waals surface area (Å²) in [5.41, 5.74) is 13.8. The molecule has 3 nitrogen and oxygen atoms in total. The highest BCUT2D eigenvalue weighted by Gasteiger charge is 2.41. The van der Waals surface area contributed by atoms with E-state index >= 15 is 0 Å². The van der Waals surface area contributed by atoms with Crippen molar-refractivity contribution in [1.82, 2.24) is 0 Å². The number of para-hydroxylation sites is 5. The topological polar surface area (TPSA) is 15.7 Å². The van der Waals surface area contributed by atoms with E-state index in [1.165, 1.54) is 27.9 Å². The Labute approximate surface area is 281 Å². The van der Waals surface area contributed by atoms with Gasteiger partial charge in [0, 0.05) is 22.5 Å². The van der Waals surface area contributed by atoms with Gasteiger partial charge < -0.3 is 14.5 Å². The molecule has 2 heterocycles. The third kappa shape index (κ3) is 4.51. The molecule has 7 aromatic carbocycles. The number of hydrogen-bond acceptors (Lipinski definition) is 3. The lowest BCUT2D eigenvalue weighted by atomic mass is 9.72. The summed E-state index contributed by atoms with van der Waals surface area (Å²) in [6.45, 7) is 4.65. The Kier molecular flexibility index (Phi) is 6.48. The first kappa shape index (κ1) is 28.2. The molecule has 48 heavy (non-hydrogen) atoms. The molecule has 0 fully saturated rings. The minimum Gasteiger partial charge on any atom is -0.453 e. The van der Waals surface area contributed by atoms with E-state index in [1.807, 2.05) is 6.07 Å². The molecule has 230 valence electrons. The van der Waals surface area contributed by atoms with Crippen LogP contribution in [0.5, 0.6) is 11.5 Å². The molecule has 0 saturated heterocycles. The molecule has 0 amide bonds. The molecule has 0 unspecified atom stereocenters. The average molecular weight is 619 g/mol. The van der Waals surface area contributed by atoms with Gasteiger partial charge in [-0.2, -0.15) is 0 Å². The number of ether oxygens (including phenoxy) is 1. The van der Waals surface area contributed by atoms with Gasteiger partial charge in [0.15, 0.2) is 11.5 Å². The summed E-state index contributed by atoms with van der Waals surface area (Å²) >= 11 is 0. The van der Waals surface area contributed by atoms with Crippen molar-refractivity contribution in [2.45, 2.75) is 19.3 Å². The van der Waals surface area contributed by atoms with Crippen molar-refractivity contribution in [2.75, 3.05) is 9.80 Å². The third-order valence-corrected chi connectivity index (χ3v) is 9.80. The predicted molar refractivity (Wildman–Crippen MR) is 199 cm³/mol. The second-order valence-corrected chi connectivity index (χ2v) is 13.1. The maximum atomic E-state index is 6.65. The molecule has 9 rings (SSSR count). The van der Waals surface area contributed by atoms with Crippen LogP contribution in [-0.4, -0.2) is 0 Å². The number of rotatable bonds is 5. The van der Waals surface area contributed by atoms with Crippen LogP contribution >= 0.6 is 0 Å². The molecule has 0 aliphatic carbocycles. The van der Waals surface area contributed by atoms with Crippen LogP contribution in [0.1, 0.15) is 25.0 Å². The van der Waals surface area contributed by atoms with E-state index in [0.29, 0.717) is 0 Å². The van der Waals surface area contributed by atoms with Crippen LogP contribution in [-0.2, 0) is 5.41 Å². The molecular formula is C45H34N2O. The molecular weight excluding hydrogens is 585 g/mol. The molecule has 0 atom stereocenters. The summed E-state index contributed by atoms with van der Waals surface area (Å²) in [5.74, 6) is 1.76. The maximum Gasteiger partial charge on any atom is 0.152 e. The largest absolute Gasteiger partial charge is 0.453 e. The van der Waals surface area contributed by atoms with Gasteiger partial charge in [-0.25, -0.2) is 0 Å². The van der Waals surface area contributed by atoms with Crippen molar-refractivity contribution in [3.05, 3.63) is 181 Å². The first-order valence-corrected chi connectivity index (χ1v) is 16.5. The van der Waals surface area contributed by atoms with Gasteiger partial charge in [0.05, 0.1) is 17.1 Å². The van der Waals surface area contributed by atoms with Crippen molar-refractivity contribution < 1.29 is 4.74 Å². The number of hydrogen-bond donors (Lipinski definition) is 0. The lowest BCUT2D eigenvalue weighted by molar-refractivity contribution is 0.471. The standard InChI is InChI=1S/C45H34N2O/c1-45(2)38-20-9-10-21-40(38)47-41-22-11-12-23-42(41)48-43-30-34(29-39(45)44(43)47)32-26-24-31(25-27-32)33-14-13-19-37(28-33)46(35-15-5-3-6-16-35)36-17-7-4-8-18-36/h3-30H,1-2H3. The minimum absolute atomic E-state index is 0.202. The molecule has 0 saturated carbocycles. The summed E-state index contributed by atoms with van der Waals surface area (Å²) in [4.78, 5) is 4.69. The molecule has 2 aliphatic rings. The fourth-order valence-corrected chi connectivity index (χ4v) is 7.40. The second kappa shape index (κ2) is 11.0. The highest BCUT2D eigenvalue weighted by Crippen LogP contribution is 2.60. The smallest absolute Gasteiger partial charge is 0.152 e. The van der Waals surface area contributed by atoms with Gasteiger partial charge in [-0.3, -0.25) is 0 Å². The third-order valence-electron chi connectivity index (χ3n) is 9.80. The Morgan fingerprint density at radius 1 is 0.438 bits per heavy atom. The van der Waals surface area contributed by atoms with E-state index < -0.39 is 0 Å². The van der Waals surface area contributed by atoms with E-state index in [0.717, 1.165) is 51.1 Å². The summed E-state index contributed by atoms with van der Waals surface area (Å²) in [6.07, 6.45) is 0. The second-order valence-electron chi connectivity index (χ2n) is 13.1. The molecule has 0 N–H and O–H groups in total. The molecule has 2 aliphatic heterocycles. The van der Waals surface area contributed by atoms with Gasteiger partial charge in [0.1, 0.15) is 0 Å². The number of fused-ring (bicyclic) bond motifs is 4. The van der Waals surface area contributed by atoms with Crippen LogP contribution in [0.2, 0.25) is 0 Å². The van der Waals surface area contributed by atoms with Gasteiger partial charge in [-0.1, -0.05) is 117 Å². The van der Waals surface area contributed by atoms with Crippen LogP contribution in [0.25, 0.3) is 22.3 Å². The quantitative estimate of drug-likeness (QED) is 0.191. The van der Waals surface area contributed by atoms with Gasteiger partial charge in [0.2, 0.25) is 0 Å². The van der Waals surface area contributed by atoms with Gasteiger partial charge in [0.25, 0.3) is 0 Å². The van der Waals surface area contributed by atoms with E-state index in [2.05, 4.69) is 187 Å². The average Bonchev–Trinajstić information content (AvgIpc) is 3.14. The van der Waals surface area contributed by atoms with Crippen molar-refractivity contribution in [1.29, 1.82) is 0 Å². The summed E-state index contributed by atoms with van der Waals surface area (Å²) in [5, 5.41) is 0. The normalized spacial score (nSPS) is 13.5. The number of nitrogens with zero attached hydrogens (tertiary/aromatic N) is 2. The zero-order valence-corrected chi connectivity index (χ0v) is 27.0. The van der Waals surface area contributed by atoms with Crippen LogP contribution in [0.15, 0.2) is 170 Å². The molecule has 0 aromatic heterocycles. The van der Waals surface area contributed by atoms with E-state index in [4.69, 9.17) is 4.74 Å². The molecule has 0 bridgehead atoms. The van der Waals surface area contributed by atoms with Crippen molar-refractivity contribution in [2.24, 2.45) is 0 Å². The minimum atomic E-state index is -0.202. The van der Waals surface area contributed by atoms with Crippen molar-refractivity contribution >= 4 is 34.1 Å². The fourth-order valence-electron chi connectivity index (χ4n) is 7.40. The Morgan fingerprint density at radius 2 is 1.02 bits per heavy atom. The molecule has 3 heteroatoms. The maximum absolute atomic E-state index is 6.65. The Morgan fingerprint density at radius 3 is 1.73 bits per heavy atom. The van der Waals surface area contributed by atoms with Crippen LogP contribution < -0.4 is 14.5 Å². The van der Waals surface area contributed by atoms with E-state index in [-0.39, 0.29) is 5.41 Å². The fraction of sp³-hybridized carbons (Fsp3) is 0.0667. The van der Waals surface area contributed by atoms with Crippen LogP contribution in [0, 0.1) is 0 Å². The predicted octanol–water partition coefficient (Wildman–Crippen LogP) is 12.7. The SMILES string of the molecule is CC1(C)c2ccccc2N2c3ccccc3Oc3cc(-c4ccc(-c5cccc(N(c6ccccc6)c6ccccc6)c5)cc4)cc1c32. The number of anilines is 6. The lowest BCUT2D eigenvalue weighted by Crippen LogP contribution is -2.32. The van der Waals surface area contributed by atoms with Crippen LogP contribution in [0.3, 0.4) is 0 Å². The van der Waals surface area contributed by atoms with E-state index in [9.17, 15) is 0 Å². The zero-order valence-electron chi connectivity index (χ0n) is 27.0. The molecule has 0 spiro atoms. The lowest BCUT2D eigenvalue weighted by Gasteiger charge is -2.45. The highest BCUT2D eigenvalue weighted by molar-refractivity contribution is 5.94. The van der Waals surface area contributed by atoms with Crippen molar-refractivity contribution in [3.63, 3.8) is 0 Å². The summed E-state index contributed by atoms with van der Waals surface area (Å²) in [7, 11) is 0. The molecule has 7 aromatic rings. The van der Waals surface area contributed by atoms with E-state index in [1.54, 1.807) is 0 Å². The number of benzene rings is 7. The summed E-state index contributed by atoms with van der Waals surface area (Å²) in [6, 6.07) is 60.5. The first-order valence-electron chi connectivity index (χ1n) is 16.5. The van der Waals surface area contributed by atoms with Gasteiger partial charge in [-0.05, 0) is 100 Å².